The highest BCUT2D eigenvalue weighted by atomic mass is 32.1. The van der Waals surface area contributed by atoms with Gasteiger partial charge in [0.25, 0.3) is 0 Å². The Labute approximate surface area is 108 Å². The normalized spacial score (nSPS) is 16.4. The average Bonchev–Trinajstić information content (AvgIpc) is 2.57. The van der Waals surface area contributed by atoms with E-state index in [2.05, 4.69) is 23.0 Å². The lowest BCUT2D eigenvalue weighted by molar-refractivity contribution is 0.719. The monoisotopic (exact) mass is 248 g/mol. The van der Waals surface area contributed by atoms with Crippen LogP contribution in [0.3, 0.4) is 0 Å². The topological polar surface area (TPSA) is 28.7 Å². The summed E-state index contributed by atoms with van der Waals surface area (Å²) >= 11 is 5.25. The average molecular weight is 248 g/mol. The zero-order valence-electron chi connectivity index (χ0n) is 10.5. The van der Waals surface area contributed by atoms with Crippen LogP contribution in [0.1, 0.15) is 57.0 Å². The van der Waals surface area contributed by atoms with E-state index in [0.717, 1.165) is 18.7 Å². The van der Waals surface area contributed by atoms with E-state index < -0.39 is 0 Å². The molecule has 0 spiro atoms. The Bertz CT molecular complexity index is 460. The van der Waals surface area contributed by atoms with Gasteiger partial charge in [-0.2, -0.15) is 0 Å². The van der Waals surface area contributed by atoms with E-state index >= 15 is 0 Å². The largest absolute Gasteiger partial charge is 0.343 e. The molecule has 17 heavy (non-hydrogen) atoms. The summed E-state index contributed by atoms with van der Waals surface area (Å²) in [7, 11) is 0. The van der Waals surface area contributed by atoms with Crippen LogP contribution in [0.2, 0.25) is 0 Å². The molecule has 0 unspecified atom stereocenters. The molecule has 1 aromatic heterocycles. The molecule has 0 radical (unpaired) electrons. The number of aryl methyl sites for hydroxylation is 1. The first-order valence-corrected chi connectivity index (χ1v) is 7.00. The zero-order valence-corrected chi connectivity index (χ0v) is 11.3. The third-order valence-corrected chi connectivity index (χ3v) is 3.37. The maximum atomic E-state index is 5.25. The summed E-state index contributed by atoms with van der Waals surface area (Å²) in [5, 5.41) is 0. The number of hydrogen-bond donors (Lipinski definition) is 1. The lowest BCUT2D eigenvalue weighted by atomic mass is 10.1. The maximum Gasteiger partial charge on any atom is 0.130 e. The second kappa shape index (κ2) is 6.10. The molecule has 1 aliphatic rings. The Morgan fingerprint density at radius 2 is 2.24 bits per heavy atom. The van der Waals surface area contributed by atoms with Crippen LogP contribution in [0.4, 0.5) is 0 Å². The van der Waals surface area contributed by atoms with Crippen LogP contribution in [0.15, 0.2) is 12.1 Å². The van der Waals surface area contributed by atoms with Crippen LogP contribution < -0.4 is 0 Å². The van der Waals surface area contributed by atoms with Crippen molar-refractivity contribution in [1.82, 2.24) is 9.97 Å². The van der Waals surface area contributed by atoms with Crippen molar-refractivity contribution in [3.05, 3.63) is 28.3 Å². The summed E-state index contributed by atoms with van der Waals surface area (Å²) in [5.41, 5.74) is 2.61. The lowest BCUT2D eigenvalue weighted by Crippen LogP contribution is -1.99. The van der Waals surface area contributed by atoms with Crippen LogP contribution in [0, 0.1) is 4.64 Å². The lowest BCUT2D eigenvalue weighted by Gasteiger charge is -2.08. The van der Waals surface area contributed by atoms with Crippen LogP contribution in [-0.2, 0) is 6.42 Å². The molecule has 0 atom stereocenters. The minimum absolute atomic E-state index is 0.715. The zero-order chi connectivity index (χ0) is 12.1. The highest BCUT2D eigenvalue weighted by Crippen LogP contribution is 2.24. The van der Waals surface area contributed by atoms with Gasteiger partial charge in [0.15, 0.2) is 0 Å². The predicted octanol–water partition coefficient (Wildman–Crippen LogP) is 4.44. The molecule has 0 amide bonds. The third kappa shape index (κ3) is 3.50. The summed E-state index contributed by atoms with van der Waals surface area (Å²) in [6.07, 6.45) is 10.7. The fraction of sp³-hybridized carbons (Fsp3) is 0.571. The van der Waals surface area contributed by atoms with Crippen molar-refractivity contribution in [1.29, 1.82) is 0 Å². The highest BCUT2D eigenvalue weighted by Gasteiger charge is 2.07. The summed E-state index contributed by atoms with van der Waals surface area (Å²) < 4.78 is 0.715. The van der Waals surface area contributed by atoms with Crippen molar-refractivity contribution in [3.8, 4) is 0 Å². The third-order valence-electron chi connectivity index (χ3n) is 3.17. The Balaban J connectivity index is 2.30. The van der Waals surface area contributed by atoms with Crippen LogP contribution in [0.5, 0.6) is 0 Å². The first kappa shape index (κ1) is 12.5. The molecule has 0 aromatic carbocycles. The van der Waals surface area contributed by atoms with Gasteiger partial charge in [-0.1, -0.05) is 31.6 Å². The van der Waals surface area contributed by atoms with Gasteiger partial charge in [-0.3, -0.25) is 0 Å². The van der Waals surface area contributed by atoms with Crippen molar-refractivity contribution in [2.24, 2.45) is 0 Å². The molecule has 1 aromatic rings. The van der Waals surface area contributed by atoms with E-state index in [9.17, 15) is 0 Å². The molecule has 0 bridgehead atoms. The highest BCUT2D eigenvalue weighted by molar-refractivity contribution is 7.71. The van der Waals surface area contributed by atoms with Crippen molar-refractivity contribution in [2.75, 3.05) is 0 Å². The standard InChI is InChI=1S/C14H20N2S/c1-2-7-13-15-12(10-14(17)16-13)11-8-5-3-4-6-9-11/h8,10H,2-7,9H2,1H3,(H,15,16,17). The molecule has 0 aliphatic heterocycles. The Morgan fingerprint density at radius 1 is 1.35 bits per heavy atom. The van der Waals surface area contributed by atoms with Gasteiger partial charge in [0.1, 0.15) is 10.5 Å². The minimum atomic E-state index is 0.715. The summed E-state index contributed by atoms with van der Waals surface area (Å²) in [4.78, 5) is 7.81. The first-order valence-electron chi connectivity index (χ1n) is 6.59. The molecule has 1 heterocycles. The van der Waals surface area contributed by atoms with Gasteiger partial charge in [0.05, 0.1) is 0 Å². The molecule has 0 saturated carbocycles. The quantitative estimate of drug-likeness (QED) is 0.801. The molecule has 0 saturated heterocycles. The number of nitrogens with one attached hydrogen (secondary N) is 1. The van der Waals surface area contributed by atoms with Crippen molar-refractivity contribution in [2.45, 2.75) is 51.9 Å². The number of aromatic nitrogens is 2. The van der Waals surface area contributed by atoms with Gasteiger partial charge >= 0.3 is 0 Å². The van der Waals surface area contributed by atoms with E-state index in [1.165, 1.54) is 43.4 Å². The Kier molecular flexibility index (Phi) is 4.49. The molecule has 2 rings (SSSR count). The minimum Gasteiger partial charge on any atom is -0.343 e. The molecule has 2 nitrogen and oxygen atoms in total. The summed E-state index contributed by atoms with van der Waals surface area (Å²) in [6, 6.07) is 2.01. The number of allylic oxidation sites excluding steroid dienone is 2. The molecular weight excluding hydrogens is 228 g/mol. The Morgan fingerprint density at radius 3 is 3.06 bits per heavy atom. The SMILES string of the molecule is CCCc1nc(=S)cc(C2=CCCCCC2)[nH]1. The van der Waals surface area contributed by atoms with E-state index in [0.29, 0.717) is 4.64 Å². The van der Waals surface area contributed by atoms with Gasteiger partial charge in [0, 0.05) is 12.1 Å². The van der Waals surface area contributed by atoms with E-state index in [1.54, 1.807) is 0 Å². The number of nitrogens with zero attached hydrogens (tertiary/aromatic N) is 1. The van der Waals surface area contributed by atoms with Gasteiger partial charge in [-0.25, -0.2) is 4.98 Å². The van der Waals surface area contributed by atoms with Gasteiger partial charge < -0.3 is 4.98 Å². The van der Waals surface area contributed by atoms with E-state index in [-0.39, 0.29) is 0 Å². The van der Waals surface area contributed by atoms with Crippen molar-refractivity contribution < 1.29 is 0 Å². The van der Waals surface area contributed by atoms with E-state index in [1.807, 2.05) is 6.07 Å². The fourth-order valence-electron chi connectivity index (χ4n) is 2.30. The molecular formula is C14H20N2S. The van der Waals surface area contributed by atoms with Gasteiger partial charge in [0.2, 0.25) is 0 Å². The second-order valence-corrected chi connectivity index (χ2v) is 5.08. The molecule has 1 N–H and O–H groups in total. The number of H-pyrrole nitrogens is 1. The maximum absolute atomic E-state index is 5.25. The molecule has 1 aliphatic carbocycles. The van der Waals surface area contributed by atoms with Crippen molar-refractivity contribution in [3.63, 3.8) is 0 Å². The fourth-order valence-corrected chi connectivity index (χ4v) is 2.52. The van der Waals surface area contributed by atoms with E-state index in [4.69, 9.17) is 12.2 Å². The first-order chi connectivity index (χ1) is 8.29. The number of hydrogen-bond acceptors (Lipinski definition) is 2. The molecule has 92 valence electrons. The van der Waals surface area contributed by atoms with Crippen molar-refractivity contribution >= 4 is 17.8 Å². The molecule has 3 heteroatoms. The predicted molar refractivity (Wildman–Crippen MR) is 74.5 cm³/mol. The van der Waals surface area contributed by atoms with Crippen LogP contribution >= 0.6 is 12.2 Å². The summed E-state index contributed by atoms with van der Waals surface area (Å²) in [5.74, 6) is 1.03. The molecule has 0 fully saturated rings. The summed E-state index contributed by atoms with van der Waals surface area (Å²) in [6.45, 7) is 2.16. The van der Waals surface area contributed by atoms with Gasteiger partial charge in [-0.15, -0.1) is 0 Å². The van der Waals surface area contributed by atoms with Crippen LogP contribution in [-0.4, -0.2) is 9.97 Å². The Hall–Kier alpha value is -0.960. The smallest absolute Gasteiger partial charge is 0.130 e. The number of aromatic amines is 1. The second-order valence-electron chi connectivity index (χ2n) is 4.66. The number of rotatable bonds is 3. The van der Waals surface area contributed by atoms with Crippen LogP contribution in [0.25, 0.3) is 5.57 Å². The van der Waals surface area contributed by atoms with Gasteiger partial charge in [-0.05, 0) is 43.7 Å².